The summed E-state index contributed by atoms with van der Waals surface area (Å²) in [5.41, 5.74) is 6.16. The number of aromatic nitrogens is 1. The summed E-state index contributed by atoms with van der Waals surface area (Å²) < 4.78 is 13.6. The molecule has 54 heavy (non-hydrogen) atoms. The van der Waals surface area contributed by atoms with Crippen molar-refractivity contribution in [1.29, 1.82) is 0 Å². The number of hydrogen-bond donors (Lipinski definition) is 3. The van der Waals surface area contributed by atoms with Crippen molar-refractivity contribution >= 4 is 11.8 Å². The minimum absolute atomic E-state index is 0.00894. The molecule has 0 radical (unpaired) electrons. The molecule has 3 fully saturated rings. The molecule has 1 aromatic heterocycles. The second-order valence-electron chi connectivity index (χ2n) is 16.2. The first-order valence-corrected chi connectivity index (χ1v) is 19.6. The van der Waals surface area contributed by atoms with Crippen molar-refractivity contribution in [3.05, 3.63) is 125 Å². The SMILES string of the molecule is CC(C)(C)NC(=O)[C@H]1CC[C@H]2CCCC[C@H]2N1C[C@H]1C[C@@H](c2ccc(CO)cc2)O[C@@H](c2ccc(-c3cccc(CNC(=O)c4cccnc4)c3)cc2)O1. The molecule has 4 aromatic rings. The number of nitrogens with one attached hydrogen (secondary N) is 2. The smallest absolute Gasteiger partial charge is 0.253 e. The molecule has 0 bridgehead atoms. The highest BCUT2D eigenvalue weighted by Gasteiger charge is 2.44. The summed E-state index contributed by atoms with van der Waals surface area (Å²) in [5, 5.41) is 16.0. The highest BCUT2D eigenvalue weighted by Crippen LogP contribution is 2.42. The van der Waals surface area contributed by atoms with Crippen LogP contribution >= 0.6 is 0 Å². The van der Waals surface area contributed by atoms with Gasteiger partial charge in [0.25, 0.3) is 5.91 Å². The van der Waals surface area contributed by atoms with Gasteiger partial charge in [-0.15, -0.1) is 0 Å². The van der Waals surface area contributed by atoms with Gasteiger partial charge in [0.05, 0.1) is 30.4 Å². The molecule has 2 saturated heterocycles. The third-order valence-electron chi connectivity index (χ3n) is 11.2. The number of pyridine rings is 1. The van der Waals surface area contributed by atoms with Crippen LogP contribution in [0.3, 0.4) is 0 Å². The van der Waals surface area contributed by atoms with E-state index in [1.807, 2.05) is 57.2 Å². The maximum absolute atomic E-state index is 13.8. The molecule has 3 N–H and O–H groups in total. The lowest BCUT2D eigenvalue weighted by molar-refractivity contribution is -0.255. The van der Waals surface area contributed by atoms with Gasteiger partial charge in [0.1, 0.15) is 0 Å². The predicted octanol–water partition coefficient (Wildman–Crippen LogP) is 7.65. The Morgan fingerprint density at radius 1 is 0.852 bits per heavy atom. The van der Waals surface area contributed by atoms with Crippen LogP contribution < -0.4 is 10.6 Å². The average Bonchev–Trinajstić information content (AvgIpc) is 3.20. The zero-order valence-corrected chi connectivity index (χ0v) is 31.7. The van der Waals surface area contributed by atoms with Crippen LogP contribution in [0.4, 0.5) is 0 Å². The van der Waals surface area contributed by atoms with Crippen LogP contribution in [0.25, 0.3) is 11.1 Å². The first-order chi connectivity index (χ1) is 26.1. The third-order valence-corrected chi connectivity index (χ3v) is 11.2. The number of likely N-dealkylation sites (tertiary alicyclic amines) is 1. The monoisotopic (exact) mass is 730 g/mol. The molecule has 2 amide bonds. The number of aliphatic hydroxyl groups excluding tert-OH is 1. The number of ether oxygens (including phenoxy) is 2. The van der Waals surface area contributed by atoms with E-state index in [4.69, 9.17) is 9.47 Å². The first-order valence-electron chi connectivity index (χ1n) is 19.6. The molecule has 9 nitrogen and oxygen atoms in total. The Morgan fingerprint density at radius 3 is 2.37 bits per heavy atom. The van der Waals surface area contributed by atoms with Gasteiger partial charge < -0.3 is 25.2 Å². The molecule has 0 unspecified atom stereocenters. The van der Waals surface area contributed by atoms with Crippen molar-refractivity contribution in [1.82, 2.24) is 20.5 Å². The maximum Gasteiger partial charge on any atom is 0.253 e. The molecule has 7 rings (SSSR count). The van der Waals surface area contributed by atoms with Crippen molar-refractivity contribution < 1.29 is 24.2 Å². The minimum Gasteiger partial charge on any atom is -0.392 e. The molecule has 2 aliphatic heterocycles. The Labute approximate surface area is 319 Å². The van der Waals surface area contributed by atoms with Gasteiger partial charge in [0.2, 0.25) is 5.91 Å². The topological polar surface area (TPSA) is 113 Å². The highest BCUT2D eigenvalue weighted by molar-refractivity contribution is 5.93. The molecular formula is C45H54N4O5. The first kappa shape index (κ1) is 37.9. The number of hydrogen-bond acceptors (Lipinski definition) is 7. The number of benzene rings is 3. The number of fused-ring (bicyclic) bond motifs is 1. The fraction of sp³-hybridized carbons (Fsp3) is 0.444. The summed E-state index contributed by atoms with van der Waals surface area (Å²) in [6, 6.07) is 28.2. The Morgan fingerprint density at radius 2 is 1.63 bits per heavy atom. The van der Waals surface area contributed by atoms with E-state index in [-0.39, 0.29) is 42.2 Å². The van der Waals surface area contributed by atoms with Crippen LogP contribution in [0.2, 0.25) is 0 Å². The van der Waals surface area contributed by atoms with Crippen molar-refractivity contribution in [2.45, 2.75) is 115 Å². The van der Waals surface area contributed by atoms with Gasteiger partial charge in [0, 0.05) is 49.0 Å². The summed E-state index contributed by atoms with van der Waals surface area (Å²) in [6.07, 6.45) is 9.66. The lowest BCUT2D eigenvalue weighted by atomic mass is 9.75. The van der Waals surface area contributed by atoms with Gasteiger partial charge >= 0.3 is 0 Å². The average molecular weight is 731 g/mol. The van der Waals surface area contributed by atoms with Gasteiger partial charge in [-0.05, 0) is 98.4 Å². The quantitative estimate of drug-likeness (QED) is 0.154. The Kier molecular flexibility index (Phi) is 11.9. The van der Waals surface area contributed by atoms with E-state index in [1.54, 1.807) is 24.5 Å². The lowest BCUT2D eigenvalue weighted by Gasteiger charge is -2.50. The second-order valence-corrected chi connectivity index (χ2v) is 16.2. The highest BCUT2D eigenvalue weighted by atomic mass is 16.7. The van der Waals surface area contributed by atoms with Gasteiger partial charge in [-0.1, -0.05) is 79.6 Å². The van der Waals surface area contributed by atoms with Gasteiger partial charge in [0.15, 0.2) is 6.29 Å². The van der Waals surface area contributed by atoms with Crippen LogP contribution in [-0.4, -0.2) is 57.1 Å². The maximum atomic E-state index is 13.8. The van der Waals surface area contributed by atoms with Gasteiger partial charge in [-0.2, -0.15) is 0 Å². The number of amides is 2. The van der Waals surface area contributed by atoms with E-state index >= 15 is 0 Å². The number of carbonyl (C=O) groups is 2. The number of nitrogens with zero attached hydrogens (tertiary/aromatic N) is 2. The fourth-order valence-electron chi connectivity index (χ4n) is 8.47. The number of carbonyl (C=O) groups excluding carboxylic acids is 2. The van der Waals surface area contributed by atoms with Crippen LogP contribution in [-0.2, 0) is 27.4 Å². The molecule has 284 valence electrons. The van der Waals surface area contributed by atoms with E-state index < -0.39 is 6.29 Å². The summed E-state index contributed by atoms with van der Waals surface area (Å²) in [7, 11) is 0. The summed E-state index contributed by atoms with van der Waals surface area (Å²) >= 11 is 0. The lowest BCUT2D eigenvalue weighted by Crippen LogP contribution is -2.61. The summed E-state index contributed by atoms with van der Waals surface area (Å²) in [4.78, 5) is 32.9. The predicted molar refractivity (Wildman–Crippen MR) is 209 cm³/mol. The molecule has 3 heterocycles. The van der Waals surface area contributed by atoms with E-state index in [0.29, 0.717) is 37.0 Å². The van der Waals surface area contributed by atoms with Crippen LogP contribution in [0.1, 0.15) is 111 Å². The van der Waals surface area contributed by atoms with E-state index in [9.17, 15) is 14.7 Å². The molecule has 1 aliphatic carbocycles. The van der Waals surface area contributed by atoms with Crippen molar-refractivity contribution in [3.63, 3.8) is 0 Å². The molecule has 3 aromatic carbocycles. The van der Waals surface area contributed by atoms with Crippen molar-refractivity contribution in [2.24, 2.45) is 5.92 Å². The number of aliphatic hydroxyl groups is 1. The van der Waals surface area contributed by atoms with Crippen LogP contribution in [0, 0.1) is 5.92 Å². The van der Waals surface area contributed by atoms with Crippen molar-refractivity contribution in [2.75, 3.05) is 6.54 Å². The van der Waals surface area contributed by atoms with Crippen LogP contribution in [0.5, 0.6) is 0 Å². The molecule has 3 aliphatic rings. The number of piperidine rings is 1. The molecular weight excluding hydrogens is 677 g/mol. The van der Waals surface area contributed by atoms with E-state index in [2.05, 4.69) is 56.9 Å². The zero-order chi connectivity index (χ0) is 37.7. The summed E-state index contributed by atoms with van der Waals surface area (Å²) in [6.45, 7) is 7.21. The Hall–Kier alpha value is -4.41. The standard InChI is InChI=1S/C45H54N4O5/c1-45(2,3)48-43(52)40-22-21-33-9-4-5-12-39(33)49(40)28-38-25-41(34-15-13-30(29-50)14-16-34)54-44(53-38)35-19-17-32(18-20-35)36-10-6-8-31(24-36)26-47-42(51)37-11-7-23-46-27-37/h6-8,10-11,13-20,23-24,27,33,38-41,44,50H,4-5,9,12,21-22,25-26,28-29H2,1-3H3,(H,47,51)(H,48,52)/t33-,38-,39-,40-,41+,44+/m1/s1. The van der Waals surface area contributed by atoms with E-state index in [0.717, 1.165) is 52.6 Å². The minimum atomic E-state index is -0.594. The summed E-state index contributed by atoms with van der Waals surface area (Å²) in [5.74, 6) is 0.564. The molecule has 6 atom stereocenters. The zero-order valence-electron chi connectivity index (χ0n) is 31.7. The molecule has 0 spiro atoms. The molecule has 9 heteroatoms. The number of rotatable bonds is 10. The molecule has 1 saturated carbocycles. The third kappa shape index (κ3) is 9.27. The van der Waals surface area contributed by atoms with Crippen LogP contribution in [0.15, 0.2) is 97.3 Å². The Bertz CT molecular complexity index is 1860. The van der Waals surface area contributed by atoms with Crippen molar-refractivity contribution in [3.8, 4) is 11.1 Å². The Balaban J connectivity index is 1.10. The van der Waals surface area contributed by atoms with E-state index in [1.165, 1.54) is 19.3 Å². The van der Waals surface area contributed by atoms with Gasteiger partial charge in [-0.25, -0.2) is 0 Å². The second kappa shape index (κ2) is 16.9. The normalized spacial score (nSPS) is 24.7. The fourth-order valence-corrected chi connectivity index (χ4v) is 8.47. The van der Waals surface area contributed by atoms with Gasteiger partial charge in [-0.3, -0.25) is 19.5 Å². The largest absolute Gasteiger partial charge is 0.392 e.